The van der Waals surface area contributed by atoms with Crippen LogP contribution in [0.2, 0.25) is 0 Å². The lowest BCUT2D eigenvalue weighted by molar-refractivity contribution is 0.183. The molecular weight excluding hydrogens is 118 g/mol. The highest BCUT2D eigenvalue weighted by molar-refractivity contribution is 7.55. The molecule has 0 saturated carbocycles. The molecule has 40 valence electrons. The number of hydrogen-bond donors (Lipinski definition) is 0. The van der Waals surface area contributed by atoms with Crippen molar-refractivity contribution >= 4 is 17.6 Å². The van der Waals surface area contributed by atoms with E-state index in [0.29, 0.717) is 0 Å². The van der Waals surface area contributed by atoms with E-state index in [2.05, 4.69) is 9.10 Å². The van der Waals surface area contributed by atoms with Crippen molar-refractivity contribution in [2.75, 3.05) is 7.11 Å². The second kappa shape index (κ2) is 3.48. The van der Waals surface area contributed by atoms with E-state index in [1.165, 1.54) is 0 Å². The summed E-state index contributed by atoms with van der Waals surface area (Å²) in [5.74, 6) is 0. The highest BCUT2D eigenvalue weighted by atomic mass is 32.1. The zero-order valence-electron chi connectivity index (χ0n) is 3.58. The van der Waals surface area contributed by atoms with E-state index >= 15 is 0 Å². The van der Waals surface area contributed by atoms with E-state index in [4.69, 9.17) is 0 Å². The molecule has 0 rings (SSSR count). The Labute approximate surface area is 43.7 Å². The van der Waals surface area contributed by atoms with Gasteiger partial charge in [0, 0.05) is 0 Å². The lowest BCUT2D eigenvalue weighted by atomic mass is 11.2. The minimum Gasteiger partial charge on any atom is -0.451 e. The minimum atomic E-state index is -0.847. The molecule has 0 saturated heterocycles. The molecule has 0 spiro atoms. The Morgan fingerprint density at radius 3 is 2.57 bits per heavy atom. The van der Waals surface area contributed by atoms with Gasteiger partial charge >= 0.3 is 6.09 Å². The first-order chi connectivity index (χ1) is 3.31. The van der Waals surface area contributed by atoms with Crippen molar-refractivity contribution in [3.05, 3.63) is 0 Å². The van der Waals surface area contributed by atoms with Crippen LogP contribution < -0.4 is 0 Å². The molecule has 0 aliphatic rings. The topological polar surface area (TPSA) is 55.7 Å². The number of carbonyl (C=O) groups is 1. The number of methoxy groups -OCH3 is 1. The summed E-state index contributed by atoms with van der Waals surface area (Å²) in [6, 6.07) is 0. The molecule has 0 unspecified atom stereocenters. The van der Waals surface area contributed by atoms with Crippen LogP contribution in [0.5, 0.6) is 0 Å². The maximum atomic E-state index is 9.80. The van der Waals surface area contributed by atoms with Gasteiger partial charge in [0.15, 0.2) is 0 Å². The van der Waals surface area contributed by atoms with Crippen LogP contribution in [0.25, 0.3) is 0 Å². The lowest BCUT2D eigenvalue weighted by Crippen LogP contribution is -1.88. The molecule has 0 heterocycles. The first-order valence-electron chi connectivity index (χ1n) is 1.39. The molecule has 0 aromatic rings. The van der Waals surface area contributed by atoms with Gasteiger partial charge in [-0.1, -0.05) is 4.36 Å². The Morgan fingerprint density at radius 1 is 1.86 bits per heavy atom. The number of nitrogens with zero attached hydrogens (tertiary/aromatic N) is 1. The highest BCUT2D eigenvalue weighted by Crippen LogP contribution is 1.73. The fourth-order valence-electron chi connectivity index (χ4n) is 0.0677. The van der Waals surface area contributed by atoms with E-state index in [0.717, 1.165) is 7.11 Å². The van der Waals surface area contributed by atoms with Gasteiger partial charge in [-0.15, -0.1) is 0 Å². The average Bonchev–Trinajstić information content (AvgIpc) is 1.68. The Kier molecular flexibility index (Phi) is 3.13. The third-order valence-electron chi connectivity index (χ3n) is 0.286. The van der Waals surface area contributed by atoms with Crippen molar-refractivity contribution < 1.29 is 13.7 Å². The fourth-order valence-corrected chi connectivity index (χ4v) is 0.203. The van der Waals surface area contributed by atoms with Crippen LogP contribution in [0.1, 0.15) is 0 Å². The lowest BCUT2D eigenvalue weighted by Gasteiger charge is -1.80. The number of amides is 1. The summed E-state index contributed by atoms with van der Waals surface area (Å²) in [6.07, 6.45) is -0.847. The Morgan fingerprint density at radius 2 is 2.43 bits per heavy atom. The Balaban J connectivity index is 3.58. The average molecular weight is 121 g/mol. The van der Waals surface area contributed by atoms with Crippen molar-refractivity contribution in [3.63, 3.8) is 0 Å². The van der Waals surface area contributed by atoms with Gasteiger partial charge in [-0.3, -0.25) is 0 Å². The summed E-state index contributed by atoms with van der Waals surface area (Å²) in [4.78, 5) is 9.80. The van der Waals surface area contributed by atoms with Crippen LogP contribution in [-0.2, 0) is 16.2 Å². The number of ether oxygens (including phenoxy) is 1. The van der Waals surface area contributed by atoms with Gasteiger partial charge in [-0.25, -0.2) is 4.79 Å². The van der Waals surface area contributed by atoms with Crippen molar-refractivity contribution in [1.82, 2.24) is 0 Å². The van der Waals surface area contributed by atoms with Gasteiger partial charge in [-0.2, -0.15) is 4.21 Å². The molecule has 0 fully saturated rings. The van der Waals surface area contributed by atoms with Crippen molar-refractivity contribution in [1.29, 1.82) is 0 Å². The Bertz CT molecular complexity index is 116. The van der Waals surface area contributed by atoms with Crippen molar-refractivity contribution in [3.8, 4) is 0 Å². The van der Waals surface area contributed by atoms with Crippen LogP contribution in [0, 0.1) is 0 Å². The number of rotatable bonds is 0. The van der Waals surface area contributed by atoms with Gasteiger partial charge in [0.25, 0.3) is 0 Å². The first kappa shape index (κ1) is 6.29. The molecule has 0 atom stereocenters. The van der Waals surface area contributed by atoms with Gasteiger partial charge in [0.2, 0.25) is 11.5 Å². The predicted octanol–water partition coefficient (Wildman–Crippen LogP) is 0.149. The van der Waals surface area contributed by atoms with Crippen molar-refractivity contribution in [2.45, 2.75) is 0 Å². The summed E-state index contributed by atoms with van der Waals surface area (Å²) in [7, 11) is 1.15. The quantitative estimate of drug-likeness (QED) is 0.458. The third kappa shape index (κ3) is 3.11. The second-order valence-electron chi connectivity index (χ2n) is 0.636. The molecule has 0 bridgehead atoms. The zero-order valence-corrected chi connectivity index (χ0v) is 4.40. The number of hydrogen-bond acceptors (Lipinski definition) is 3. The van der Waals surface area contributed by atoms with Crippen LogP contribution in [-0.4, -0.2) is 17.4 Å². The SMILES string of the molecule is COC(=O)N=S=O. The molecular formula is C2H3NO3S. The molecule has 5 heteroatoms. The van der Waals surface area contributed by atoms with Crippen LogP contribution in [0.3, 0.4) is 0 Å². The van der Waals surface area contributed by atoms with Crippen LogP contribution >= 0.6 is 0 Å². The molecule has 0 radical (unpaired) electrons. The van der Waals surface area contributed by atoms with Crippen LogP contribution in [0.15, 0.2) is 4.36 Å². The molecule has 0 aliphatic carbocycles. The van der Waals surface area contributed by atoms with Gasteiger partial charge in [0.05, 0.1) is 7.11 Å². The third-order valence-corrected chi connectivity index (χ3v) is 0.510. The van der Waals surface area contributed by atoms with Crippen LogP contribution in [0.4, 0.5) is 4.79 Å². The van der Waals surface area contributed by atoms with Gasteiger partial charge in [-0.05, 0) is 0 Å². The smallest absolute Gasteiger partial charge is 0.446 e. The molecule has 0 aliphatic heterocycles. The van der Waals surface area contributed by atoms with Gasteiger partial charge < -0.3 is 4.74 Å². The Hall–Kier alpha value is -0.710. The summed E-state index contributed by atoms with van der Waals surface area (Å²) >= 11 is -0.165. The zero-order chi connectivity index (χ0) is 5.70. The van der Waals surface area contributed by atoms with E-state index in [1.54, 1.807) is 0 Å². The molecule has 0 aromatic carbocycles. The monoisotopic (exact) mass is 121 g/mol. The summed E-state index contributed by atoms with van der Waals surface area (Å²) in [6.45, 7) is 0. The van der Waals surface area contributed by atoms with E-state index in [1.807, 2.05) is 0 Å². The second-order valence-corrected chi connectivity index (χ2v) is 0.967. The molecule has 7 heavy (non-hydrogen) atoms. The predicted molar refractivity (Wildman–Crippen MR) is 23.0 cm³/mol. The summed E-state index contributed by atoms with van der Waals surface area (Å²) < 4.78 is 16.1. The number of carbonyl (C=O) groups excluding carboxylic acids is 1. The maximum absolute atomic E-state index is 9.80. The molecule has 0 aromatic heterocycles. The van der Waals surface area contributed by atoms with E-state index in [9.17, 15) is 9.00 Å². The maximum Gasteiger partial charge on any atom is 0.446 e. The molecule has 1 amide bonds. The minimum absolute atomic E-state index is 0.165. The highest BCUT2D eigenvalue weighted by Gasteiger charge is 1.88. The molecule has 4 nitrogen and oxygen atoms in total. The first-order valence-corrected chi connectivity index (χ1v) is 2.09. The summed E-state index contributed by atoms with van der Waals surface area (Å²) in [5.41, 5.74) is 0. The van der Waals surface area contributed by atoms with E-state index in [-0.39, 0.29) is 11.5 Å². The normalized spacial score (nSPS) is 7.00. The fraction of sp³-hybridized carbons (Fsp3) is 0.500. The molecule has 0 N–H and O–H groups in total. The van der Waals surface area contributed by atoms with Crippen molar-refractivity contribution in [2.24, 2.45) is 4.36 Å². The standard InChI is InChI=1S/C2H3NO3S/c1-6-2(4)3-7-5/h1H3. The van der Waals surface area contributed by atoms with Gasteiger partial charge in [0.1, 0.15) is 0 Å². The van der Waals surface area contributed by atoms with E-state index < -0.39 is 6.09 Å². The summed E-state index contributed by atoms with van der Waals surface area (Å²) in [5, 5.41) is 0. The largest absolute Gasteiger partial charge is 0.451 e.